The molecule has 0 atom stereocenters. The molecule has 0 bridgehead atoms. The summed E-state index contributed by atoms with van der Waals surface area (Å²) in [6, 6.07) is 31.3. The molecule has 0 aromatic heterocycles. The van der Waals surface area contributed by atoms with Gasteiger partial charge in [0.1, 0.15) is 0 Å². The number of rotatable bonds is 3. The highest BCUT2D eigenvalue weighted by Crippen LogP contribution is 2.33. The van der Waals surface area contributed by atoms with Crippen LogP contribution in [0.3, 0.4) is 0 Å². The molecule has 106 valence electrons. The molecule has 0 heterocycles. The second-order valence-electron chi connectivity index (χ2n) is 4.34. The minimum absolute atomic E-state index is 1.17. The van der Waals surface area contributed by atoms with E-state index in [-0.39, 0.29) is 0 Å². The maximum absolute atomic E-state index is 2.94. The van der Waals surface area contributed by atoms with Gasteiger partial charge in [-0.15, -0.1) is 0 Å². The van der Waals surface area contributed by atoms with Gasteiger partial charge in [-0.05, 0) is 42.2 Å². The largest absolute Gasteiger partial charge is 0.311 e. The summed E-state index contributed by atoms with van der Waals surface area (Å²) in [5, 5.41) is 0. The molecule has 0 aliphatic carbocycles. The van der Waals surface area contributed by atoms with Crippen molar-refractivity contribution in [2.45, 2.75) is 0 Å². The molecule has 0 saturated heterocycles. The molecule has 2 heteroatoms. The molecule has 0 unspecified atom stereocenters. The zero-order valence-corrected chi connectivity index (χ0v) is 13.6. The van der Waals surface area contributed by atoms with E-state index in [1.807, 2.05) is 24.0 Å². The molecule has 3 aromatic rings. The normalized spacial score (nSPS) is 9.43. The van der Waals surface area contributed by atoms with Crippen molar-refractivity contribution in [2.75, 3.05) is 10.7 Å². The van der Waals surface area contributed by atoms with Gasteiger partial charge in [-0.25, -0.2) is 0 Å². The van der Waals surface area contributed by atoms with Crippen molar-refractivity contribution >= 4 is 33.0 Å². The molecule has 0 aliphatic heterocycles. The number of halogens is 1. The van der Waals surface area contributed by atoms with E-state index in [1.165, 1.54) is 17.1 Å². The maximum Gasteiger partial charge on any atom is 0.0461 e. The van der Waals surface area contributed by atoms with Crippen molar-refractivity contribution in [1.29, 1.82) is 0 Å². The number of hydrogen-bond acceptors (Lipinski definition) is 1. The first kappa shape index (κ1) is 15.3. The monoisotopic (exact) mass is 339 g/mol. The van der Waals surface area contributed by atoms with E-state index in [0.717, 1.165) is 0 Å². The molecule has 0 radical (unpaired) electrons. The average Bonchev–Trinajstić information content (AvgIpc) is 2.60. The van der Waals surface area contributed by atoms with Gasteiger partial charge in [0.15, 0.2) is 0 Å². The molecule has 0 spiro atoms. The van der Waals surface area contributed by atoms with Crippen molar-refractivity contribution in [1.82, 2.24) is 0 Å². The third-order valence-electron chi connectivity index (χ3n) is 3.04. The minimum atomic E-state index is 1.17. The van der Waals surface area contributed by atoms with Gasteiger partial charge in [0, 0.05) is 17.1 Å². The van der Waals surface area contributed by atoms with Crippen molar-refractivity contribution < 1.29 is 0 Å². The van der Waals surface area contributed by atoms with Gasteiger partial charge in [-0.1, -0.05) is 70.5 Å². The van der Waals surface area contributed by atoms with Gasteiger partial charge in [0.25, 0.3) is 0 Å². The fourth-order valence-corrected chi connectivity index (χ4v) is 2.18. The Hall–Kier alpha value is -2.06. The smallest absolute Gasteiger partial charge is 0.0461 e. The summed E-state index contributed by atoms with van der Waals surface area (Å²) >= 11 is 2.94. The summed E-state index contributed by atoms with van der Waals surface area (Å²) < 4.78 is 0. The van der Waals surface area contributed by atoms with Crippen molar-refractivity contribution in [3.63, 3.8) is 0 Å². The van der Waals surface area contributed by atoms with Crippen LogP contribution in [0.25, 0.3) is 0 Å². The van der Waals surface area contributed by atoms with E-state index in [2.05, 4.69) is 93.6 Å². The van der Waals surface area contributed by atoms with Crippen molar-refractivity contribution in [2.24, 2.45) is 0 Å². The number of anilines is 3. The Morgan fingerprint density at radius 1 is 0.476 bits per heavy atom. The van der Waals surface area contributed by atoms with E-state index in [4.69, 9.17) is 0 Å². The van der Waals surface area contributed by atoms with Gasteiger partial charge in [-0.3, -0.25) is 0 Å². The molecule has 0 N–H and O–H groups in total. The molecule has 21 heavy (non-hydrogen) atoms. The predicted molar refractivity (Wildman–Crippen MR) is 96.0 cm³/mol. The van der Waals surface area contributed by atoms with E-state index < -0.39 is 0 Å². The van der Waals surface area contributed by atoms with Crippen LogP contribution in [0.5, 0.6) is 0 Å². The molecule has 3 rings (SSSR count). The second-order valence-corrected chi connectivity index (χ2v) is 4.34. The molecule has 3 aromatic carbocycles. The third-order valence-corrected chi connectivity index (χ3v) is 3.04. The minimum Gasteiger partial charge on any atom is -0.311 e. The number of para-hydroxylation sites is 3. The second kappa shape index (κ2) is 8.28. The van der Waals surface area contributed by atoms with Crippen LogP contribution in [0.2, 0.25) is 0 Å². The first-order valence-corrected chi connectivity index (χ1v) is 8.37. The predicted octanol–water partition coefficient (Wildman–Crippen LogP) is 6.17. The van der Waals surface area contributed by atoms with Gasteiger partial charge >= 0.3 is 0 Å². The Morgan fingerprint density at radius 3 is 0.952 bits per heavy atom. The first-order valence-electron chi connectivity index (χ1n) is 6.78. The Morgan fingerprint density at radius 2 is 0.714 bits per heavy atom. The summed E-state index contributed by atoms with van der Waals surface area (Å²) in [7, 11) is 0. The van der Waals surface area contributed by atoms with E-state index in [9.17, 15) is 0 Å². The molecule has 0 saturated carbocycles. The topological polar surface area (TPSA) is 3.24 Å². The Balaban J connectivity index is 0.000000774. The Kier molecular flexibility index (Phi) is 6.04. The van der Waals surface area contributed by atoms with Crippen LogP contribution in [-0.2, 0) is 0 Å². The highest BCUT2D eigenvalue weighted by Gasteiger charge is 2.10. The first-order chi connectivity index (χ1) is 10.4. The van der Waals surface area contributed by atoms with E-state index in [0.29, 0.717) is 0 Å². The zero-order valence-electron chi connectivity index (χ0n) is 12.0. The molecule has 0 fully saturated rings. The van der Waals surface area contributed by atoms with Crippen molar-refractivity contribution in [3.05, 3.63) is 91.0 Å². The Bertz CT molecular complexity index is 530. The van der Waals surface area contributed by atoms with Gasteiger partial charge < -0.3 is 4.90 Å². The highest BCUT2D eigenvalue weighted by atomic mass is 79.9. The number of nitrogens with zero attached hydrogens (tertiary/aromatic N) is 1. The summed E-state index contributed by atoms with van der Waals surface area (Å²) in [4.78, 5) is 2.25. The molecular formula is C19H18BrN. The third kappa shape index (κ3) is 3.96. The molecular weight excluding hydrogens is 322 g/mol. The van der Waals surface area contributed by atoms with E-state index >= 15 is 0 Å². The summed E-state index contributed by atoms with van der Waals surface area (Å²) in [6.45, 7) is 0. The molecule has 1 nitrogen and oxygen atoms in total. The van der Waals surface area contributed by atoms with Crippen molar-refractivity contribution in [3.8, 4) is 0 Å². The average molecular weight is 340 g/mol. The molecule has 0 amide bonds. The maximum atomic E-state index is 2.94. The van der Waals surface area contributed by atoms with Crippen LogP contribution < -0.4 is 4.90 Å². The van der Waals surface area contributed by atoms with Crippen LogP contribution in [0.1, 0.15) is 0 Å². The lowest BCUT2D eigenvalue weighted by Crippen LogP contribution is -2.09. The number of benzene rings is 3. The lowest BCUT2D eigenvalue weighted by molar-refractivity contribution is 1.28. The van der Waals surface area contributed by atoms with E-state index in [1.54, 1.807) is 0 Å². The fraction of sp³-hybridized carbons (Fsp3) is 0.0526. The van der Waals surface area contributed by atoms with Gasteiger partial charge in [0.2, 0.25) is 0 Å². The SMILES string of the molecule is CBr.c1ccc(N(c2ccccc2)c2ccccc2)cc1. The lowest BCUT2D eigenvalue weighted by Gasteiger charge is -2.25. The highest BCUT2D eigenvalue weighted by molar-refractivity contribution is 9.08. The standard InChI is InChI=1S/C18H15N.CH3Br/c1-4-10-16(11-5-1)19(17-12-6-2-7-13-17)18-14-8-3-9-15-18;1-2/h1-15H;1H3. The Labute approximate surface area is 135 Å². The fourth-order valence-electron chi connectivity index (χ4n) is 2.18. The van der Waals surface area contributed by atoms with Crippen LogP contribution in [-0.4, -0.2) is 5.83 Å². The van der Waals surface area contributed by atoms with Crippen LogP contribution in [0.4, 0.5) is 17.1 Å². The van der Waals surface area contributed by atoms with Crippen LogP contribution in [0.15, 0.2) is 91.0 Å². The van der Waals surface area contributed by atoms with Gasteiger partial charge in [0.05, 0.1) is 0 Å². The summed E-state index contributed by atoms with van der Waals surface area (Å²) in [5.41, 5.74) is 3.50. The molecule has 0 aliphatic rings. The quantitative estimate of drug-likeness (QED) is 0.516. The zero-order chi connectivity index (χ0) is 14.9. The van der Waals surface area contributed by atoms with Gasteiger partial charge in [-0.2, -0.15) is 0 Å². The summed E-state index contributed by atoms with van der Waals surface area (Å²) in [5.74, 6) is 1.81. The summed E-state index contributed by atoms with van der Waals surface area (Å²) in [6.07, 6.45) is 0. The lowest BCUT2D eigenvalue weighted by atomic mass is 10.2. The number of alkyl halides is 1. The number of hydrogen-bond donors (Lipinski definition) is 0. The van der Waals surface area contributed by atoms with Crippen LogP contribution >= 0.6 is 15.9 Å². The van der Waals surface area contributed by atoms with Crippen LogP contribution in [0, 0.1) is 0 Å².